The minimum Gasteiger partial charge on any atom is -0.377 e. The number of hydrogen-bond donors (Lipinski definition) is 0. The van der Waals surface area contributed by atoms with Gasteiger partial charge in [0.05, 0.1) is 24.1 Å². The molecule has 7 heteroatoms. The molecule has 2 saturated heterocycles. The van der Waals surface area contributed by atoms with Crippen molar-refractivity contribution in [3.63, 3.8) is 0 Å². The molecule has 27 heavy (non-hydrogen) atoms. The summed E-state index contributed by atoms with van der Waals surface area (Å²) in [5.41, 5.74) is 1.41. The fourth-order valence-electron chi connectivity index (χ4n) is 4.43. The Morgan fingerprint density at radius 2 is 1.93 bits per heavy atom. The summed E-state index contributed by atoms with van der Waals surface area (Å²) < 4.78 is 13.6. The van der Waals surface area contributed by atoms with Crippen molar-refractivity contribution < 1.29 is 9.47 Å². The molecule has 2 fully saturated rings. The van der Waals surface area contributed by atoms with Crippen LogP contribution in [0.15, 0.2) is 9.95 Å². The van der Waals surface area contributed by atoms with Crippen molar-refractivity contribution in [3.8, 4) is 0 Å². The van der Waals surface area contributed by atoms with E-state index in [0.717, 1.165) is 79.3 Å². The van der Waals surface area contributed by atoms with E-state index in [1.807, 2.05) is 4.57 Å². The molecule has 1 aliphatic carbocycles. The maximum absolute atomic E-state index is 13.4. The zero-order valence-electron chi connectivity index (χ0n) is 15.6. The second-order valence-corrected chi connectivity index (χ2v) is 9.85. The van der Waals surface area contributed by atoms with E-state index in [9.17, 15) is 4.79 Å². The fourth-order valence-corrected chi connectivity index (χ4v) is 6.80. The summed E-state index contributed by atoms with van der Waals surface area (Å²) in [4.78, 5) is 20.7. The van der Waals surface area contributed by atoms with Crippen LogP contribution in [0.4, 0.5) is 0 Å². The van der Waals surface area contributed by atoms with Gasteiger partial charge in [0.2, 0.25) is 0 Å². The molecule has 0 bridgehead atoms. The van der Waals surface area contributed by atoms with Crippen molar-refractivity contribution in [2.24, 2.45) is 0 Å². The number of nitrogens with zero attached hydrogens (tertiary/aromatic N) is 2. The molecule has 2 aliphatic heterocycles. The first-order chi connectivity index (χ1) is 13.3. The first-order valence-electron chi connectivity index (χ1n) is 10.2. The van der Waals surface area contributed by atoms with Gasteiger partial charge in [-0.25, -0.2) is 4.98 Å². The fraction of sp³-hybridized carbons (Fsp3) is 0.700. The lowest BCUT2D eigenvalue weighted by molar-refractivity contribution is 0.0315. The molecular formula is C20H26N2O3S2. The molecule has 0 spiro atoms. The molecular weight excluding hydrogens is 380 g/mol. The van der Waals surface area contributed by atoms with Crippen molar-refractivity contribution in [1.82, 2.24) is 9.55 Å². The maximum Gasteiger partial charge on any atom is 0.263 e. The van der Waals surface area contributed by atoms with Crippen molar-refractivity contribution in [3.05, 3.63) is 20.8 Å². The second kappa shape index (κ2) is 7.85. The van der Waals surface area contributed by atoms with Gasteiger partial charge in [-0.2, -0.15) is 0 Å². The lowest BCUT2D eigenvalue weighted by atomic mass is 10.1. The van der Waals surface area contributed by atoms with Crippen LogP contribution < -0.4 is 5.56 Å². The van der Waals surface area contributed by atoms with Gasteiger partial charge in [-0.15, -0.1) is 11.3 Å². The highest BCUT2D eigenvalue weighted by Crippen LogP contribution is 2.36. The van der Waals surface area contributed by atoms with Gasteiger partial charge in [0.25, 0.3) is 5.56 Å². The quantitative estimate of drug-likeness (QED) is 0.559. The number of rotatable bonds is 5. The Bertz CT molecular complexity index is 879. The summed E-state index contributed by atoms with van der Waals surface area (Å²) in [7, 11) is 0. The highest BCUT2D eigenvalue weighted by Gasteiger charge is 2.26. The van der Waals surface area contributed by atoms with Gasteiger partial charge >= 0.3 is 0 Å². The molecule has 3 aliphatic rings. The number of aryl methyl sites for hydroxylation is 2. The van der Waals surface area contributed by atoms with Gasteiger partial charge in [0.15, 0.2) is 5.16 Å². The molecule has 0 aromatic carbocycles. The van der Waals surface area contributed by atoms with Crippen LogP contribution in [0.3, 0.4) is 0 Å². The highest BCUT2D eigenvalue weighted by molar-refractivity contribution is 7.99. The average Bonchev–Trinajstić information content (AvgIpc) is 3.40. The van der Waals surface area contributed by atoms with Crippen LogP contribution in [-0.4, -0.2) is 40.7 Å². The van der Waals surface area contributed by atoms with Crippen LogP contribution in [0.2, 0.25) is 0 Å². The molecule has 0 saturated carbocycles. The standard InChI is InChI=1S/C20H26N2O3S2/c23-19-17-15-7-3-8-16(15)27-18(17)21-20(22(19)11-13-6-4-10-24-13)26-12-14-5-1-2-9-25-14/h13-14H,1-12H2/t13-,14-/m0/s1. The lowest BCUT2D eigenvalue weighted by Gasteiger charge is -2.22. The first kappa shape index (κ1) is 18.2. The zero-order valence-corrected chi connectivity index (χ0v) is 17.2. The SMILES string of the molecule is O=c1c2c3c(sc2nc(SC[C@@H]2CCCCO2)n1C[C@@H]1CCCO1)CCC3. The van der Waals surface area contributed by atoms with Crippen molar-refractivity contribution in [2.45, 2.75) is 75.3 Å². The third-order valence-electron chi connectivity index (χ3n) is 5.87. The molecule has 0 N–H and O–H groups in total. The van der Waals surface area contributed by atoms with Crippen LogP contribution >= 0.6 is 23.1 Å². The number of hydrogen-bond acceptors (Lipinski definition) is 6. The Kier molecular flexibility index (Phi) is 5.28. The van der Waals surface area contributed by atoms with E-state index in [0.29, 0.717) is 6.54 Å². The van der Waals surface area contributed by atoms with Gasteiger partial charge in [0.1, 0.15) is 4.83 Å². The largest absolute Gasteiger partial charge is 0.377 e. The van der Waals surface area contributed by atoms with Crippen molar-refractivity contribution >= 4 is 33.3 Å². The van der Waals surface area contributed by atoms with E-state index in [1.165, 1.54) is 16.9 Å². The van der Waals surface area contributed by atoms with Crippen LogP contribution in [0.1, 0.15) is 49.0 Å². The van der Waals surface area contributed by atoms with Crippen LogP contribution in [0, 0.1) is 0 Å². The van der Waals surface area contributed by atoms with E-state index in [4.69, 9.17) is 14.5 Å². The number of thiophene rings is 1. The van der Waals surface area contributed by atoms with E-state index >= 15 is 0 Å². The molecule has 2 atom stereocenters. The summed E-state index contributed by atoms with van der Waals surface area (Å²) in [6.45, 7) is 2.29. The van der Waals surface area contributed by atoms with Gasteiger partial charge in [0, 0.05) is 23.8 Å². The molecule has 0 amide bonds. The van der Waals surface area contributed by atoms with Gasteiger partial charge in [-0.3, -0.25) is 9.36 Å². The number of thioether (sulfide) groups is 1. The predicted molar refractivity (Wildman–Crippen MR) is 109 cm³/mol. The molecule has 2 aromatic heterocycles. The summed E-state index contributed by atoms with van der Waals surface area (Å²) in [6.07, 6.45) is 9.32. The topological polar surface area (TPSA) is 53.3 Å². The Hall–Kier alpha value is -0.890. The normalized spacial score (nSPS) is 25.3. The summed E-state index contributed by atoms with van der Waals surface area (Å²) in [6, 6.07) is 0. The smallest absolute Gasteiger partial charge is 0.263 e. The van der Waals surface area contributed by atoms with E-state index < -0.39 is 0 Å². The molecule has 0 unspecified atom stereocenters. The van der Waals surface area contributed by atoms with Crippen LogP contribution in [-0.2, 0) is 28.9 Å². The Balaban J connectivity index is 1.49. The average molecular weight is 407 g/mol. The third kappa shape index (κ3) is 3.59. The van der Waals surface area contributed by atoms with Gasteiger partial charge in [-0.05, 0) is 56.9 Å². The Labute approximate surface area is 167 Å². The zero-order chi connectivity index (χ0) is 18.2. The van der Waals surface area contributed by atoms with Gasteiger partial charge < -0.3 is 9.47 Å². The predicted octanol–water partition coefficient (Wildman–Crippen LogP) is 3.79. The number of aromatic nitrogens is 2. The van der Waals surface area contributed by atoms with Crippen LogP contribution in [0.5, 0.6) is 0 Å². The highest BCUT2D eigenvalue weighted by atomic mass is 32.2. The van der Waals surface area contributed by atoms with E-state index in [2.05, 4.69) is 0 Å². The Morgan fingerprint density at radius 3 is 2.74 bits per heavy atom. The molecule has 146 valence electrons. The molecule has 4 heterocycles. The molecule has 5 nitrogen and oxygen atoms in total. The number of ether oxygens (including phenoxy) is 2. The first-order valence-corrected chi connectivity index (χ1v) is 12.0. The Morgan fingerprint density at radius 1 is 1.07 bits per heavy atom. The van der Waals surface area contributed by atoms with Crippen LogP contribution in [0.25, 0.3) is 10.2 Å². The van der Waals surface area contributed by atoms with Gasteiger partial charge in [-0.1, -0.05) is 11.8 Å². The molecule has 5 rings (SSSR count). The minimum atomic E-state index is 0.138. The monoisotopic (exact) mass is 406 g/mol. The third-order valence-corrected chi connectivity index (χ3v) is 8.17. The van der Waals surface area contributed by atoms with E-state index in [1.54, 1.807) is 23.1 Å². The minimum absolute atomic E-state index is 0.138. The van der Waals surface area contributed by atoms with Crippen molar-refractivity contribution in [1.29, 1.82) is 0 Å². The van der Waals surface area contributed by atoms with E-state index in [-0.39, 0.29) is 17.8 Å². The number of fused-ring (bicyclic) bond motifs is 3. The lowest BCUT2D eigenvalue weighted by Crippen LogP contribution is -2.29. The van der Waals surface area contributed by atoms with Crippen molar-refractivity contribution in [2.75, 3.05) is 19.0 Å². The maximum atomic E-state index is 13.4. The summed E-state index contributed by atoms with van der Waals surface area (Å²) in [5, 5.41) is 1.72. The summed E-state index contributed by atoms with van der Waals surface area (Å²) >= 11 is 3.41. The second-order valence-electron chi connectivity index (χ2n) is 7.78. The summed E-state index contributed by atoms with van der Waals surface area (Å²) in [5.74, 6) is 0.870. The molecule has 0 radical (unpaired) electrons. The molecule has 2 aromatic rings.